The minimum atomic E-state index is -0.114. The molecule has 0 spiro atoms. The Labute approximate surface area is 136 Å². The van der Waals surface area contributed by atoms with Crippen LogP contribution in [0.3, 0.4) is 0 Å². The van der Waals surface area contributed by atoms with Crippen molar-refractivity contribution >= 4 is 5.97 Å². The normalized spacial score (nSPS) is 9.85. The molecule has 1 aromatic carbocycles. The van der Waals surface area contributed by atoms with Crippen molar-refractivity contribution in [2.75, 3.05) is 0 Å². The number of unbranched alkanes of at least 4 members (excludes halogenated alkanes) is 7. The SMILES string of the molecule is CCCCCCCCCCC(=O)Oc1ccccc1.[Zn]. The van der Waals surface area contributed by atoms with E-state index in [1.165, 1.54) is 38.5 Å². The van der Waals surface area contributed by atoms with E-state index in [0.29, 0.717) is 12.2 Å². The maximum Gasteiger partial charge on any atom is 0.311 e. The number of para-hydroxylation sites is 1. The standard InChI is InChI=1S/C17H26O2.Zn/c1-2-3-4-5-6-7-8-12-15-17(18)19-16-13-10-9-11-14-16;/h9-11,13-14H,2-8,12,15H2,1H3;. The van der Waals surface area contributed by atoms with Crippen molar-refractivity contribution in [1.82, 2.24) is 0 Å². The summed E-state index contributed by atoms with van der Waals surface area (Å²) in [5.74, 6) is 0.532. The van der Waals surface area contributed by atoms with Gasteiger partial charge in [0.15, 0.2) is 0 Å². The van der Waals surface area contributed by atoms with Crippen molar-refractivity contribution in [3.63, 3.8) is 0 Å². The first-order valence-electron chi connectivity index (χ1n) is 7.58. The van der Waals surface area contributed by atoms with Crippen molar-refractivity contribution in [1.29, 1.82) is 0 Å². The zero-order chi connectivity index (χ0) is 13.8. The summed E-state index contributed by atoms with van der Waals surface area (Å²) in [5.41, 5.74) is 0. The third-order valence-electron chi connectivity index (χ3n) is 3.21. The molecule has 0 unspecified atom stereocenters. The third-order valence-corrected chi connectivity index (χ3v) is 3.21. The molecule has 2 nitrogen and oxygen atoms in total. The van der Waals surface area contributed by atoms with Gasteiger partial charge in [-0.25, -0.2) is 0 Å². The number of esters is 1. The minimum absolute atomic E-state index is 0. The number of benzene rings is 1. The second-order valence-electron chi connectivity index (χ2n) is 5.01. The first kappa shape index (κ1) is 19.3. The van der Waals surface area contributed by atoms with E-state index in [9.17, 15) is 4.79 Å². The van der Waals surface area contributed by atoms with Crippen LogP contribution >= 0.6 is 0 Å². The summed E-state index contributed by atoms with van der Waals surface area (Å²) in [7, 11) is 0. The second kappa shape index (κ2) is 13.3. The molecular weight excluding hydrogens is 302 g/mol. The van der Waals surface area contributed by atoms with Gasteiger partial charge < -0.3 is 4.74 Å². The van der Waals surface area contributed by atoms with Crippen LogP contribution in [0, 0.1) is 0 Å². The van der Waals surface area contributed by atoms with Crippen LogP contribution in [-0.2, 0) is 24.3 Å². The molecule has 20 heavy (non-hydrogen) atoms. The third kappa shape index (κ3) is 10.1. The van der Waals surface area contributed by atoms with Gasteiger partial charge in [-0.15, -0.1) is 0 Å². The summed E-state index contributed by atoms with van der Waals surface area (Å²) in [4.78, 5) is 11.6. The molecular formula is C17H26O2Zn. The molecule has 0 amide bonds. The largest absolute Gasteiger partial charge is 0.427 e. The predicted molar refractivity (Wildman–Crippen MR) is 79.3 cm³/mol. The molecule has 3 heteroatoms. The van der Waals surface area contributed by atoms with Gasteiger partial charge in [-0.3, -0.25) is 4.79 Å². The molecule has 108 valence electrons. The van der Waals surface area contributed by atoms with Crippen LogP contribution in [0.5, 0.6) is 5.75 Å². The molecule has 0 aliphatic carbocycles. The predicted octanol–water partition coefficient (Wildman–Crippen LogP) is 5.12. The summed E-state index contributed by atoms with van der Waals surface area (Å²) < 4.78 is 5.24. The Kier molecular flexibility index (Phi) is 12.8. The number of carbonyl (C=O) groups excluding carboxylic acids is 1. The van der Waals surface area contributed by atoms with E-state index >= 15 is 0 Å². The van der Waals surface area contributed by atoms with Crippen molar-refractivity contribution in [3.05, 3.63) is 30.3 Å². The maximum absolute atomic E-state index is 11.6. The Morgan fingerprint density at radius 2 is 1.45 bits per heavy atom. The number of hydrogen-bond donors (Lipinski definition) is 0. The number of carbonyl (C=O) groups is 1. The molecule has 0 saturated heterocycles. The summed E-state index contributed by atoms with van der Waals surface area (Å²) in [6.45, 7) is 2.23. The molecule has 0 saturated carbocycles. The van der Waals surface area contributed by atoms with Crippen LogP contribution < -0.4 is 4.74 Å². The smallest absolute Gasteiger partial charge is 0.311 e. The first-order chi connectivity index (χ1) is 9.33. The monoisotopic (exact) mass is 326 g/mol. The molecule has 0 N–H and O–H groups in total. The average molecular weight is 328 g/mol. The van der Waals surface area contributed by atoms with E-state index in [1.807, 2.05) is 30.3 Å². The zero-order valence-electron chi connectivity index (χ0n) is 12.8. The molecule has 0 heterocycles. The molecule has 0 radical (unpaired) electrons. The van der Waals surface area contributed by atoms with Crippen LogP contribution in [0.4, 0.5) is 0 Å². The molecule has 0 fully saturated rings. The van der Waals surface area contributed by atoms with E-state index < -0.39 is 0 Å². The van der Waals surface area contributed by atoms with E-state index in [4.69, 9.17) is 4.74 Å². The van der Waals surface area contributed by atoms with Crippen LogP contribution in [-0.4, -0.2) is 5.97 Å². The van der Waals surface area contributed by atoms with Gasteiger partial charge in [0, 0.05) is 25.9 Å². The summed E-state index contributed by atoms with van der Waals surface area (Å²) in [5, 5.41) is 0. The number of ether oxygens (including phenoxy) is 1. The van der Waals surface area contributed by atoms with Gasteiger partial charge in [-0.2, -0.15) is 0 Å². The summed E-state index contributed by atoms with van der Waals surface area (Å²) in [6.07, 6.45) is 10.5. The van der Waals surface area contributed by atoms with Crippen LogP contribution in [0.15, 0.2) is 30.3 Å². The van der Waals surface area contributed by atoms with Crippen molar-refractivity contribution < 1.29 is 29.0 Å². The molecule has 0 bridgehead atoms. The fourth-order valence-electron chi connectivity index (χ4n) is 2.07. The summed E-state index contributed by atoms with van der Waals surface area (Å²) in [6, 6.07) is 9.28. The number of rotatable bonds is 10. The van der Waals surface area contributed by atoms with Gasteiger partial charge in [0.25, 0.3) is 0 Å². The molecule has 1 rings (SSSR count). The maximum atomic E-state index is 11.6. The zero-order valence-corrected chi connectivity index (χ0v) is 15.7. The van der Waals surface area contributed by atoms with Gasteiger partial charge in [-0.05, 0) is 18.6 Å². The second-order valence-corrected chi connectivity index (χ2v) is 5.01. The fraction of sp³-hybridized carbons (Fsp3) is 0.588. The van der Waals surface area contributed by atoms with E-state index in [2.05, 4.69) is 6.92 Å². The first-order valence-corrected chi connectivity index (χ1v) is 7.58. The molecule has 1 aromatic rings. The minimum Gasteiger partial charge on any atom is -0.427 e. The van der Waals surface area contributed by atoms with Gasteiger partial charge in [0.1, 0.15) is 5.75 Å². The number of hydrogen-bond acceptors (Lipinski definition) is 2. The van der Waals surface area contributed by atoms with E-state index in [-0.39, 0.29) is 25.4 Å². The van der Waals surface area contributed by atoms with Crippen molar-refractivity contribution in [2.24, 2.45) is 0 Å². The Bertz CT molecular complexity index is 338. The summed E-state index contributed by atoms with van der Waals surface area (Å²) >= 11 is 0. The quantitative estimate of drug-likeness (QED) is 0.258. The molecule has 0 aliphatic rings. The Morgan fingerprint density at radius 3 is 2.05 bits per heavy atom. The van der Waals surface area contributed by atoms with Crippen molar-refractivity contribution in [2.45, 2.75) is 64.7 Å². The van der Waals surface area contributed by atoms with Gasteiger partial charge in [-0.1, -0.05) is 70.1 Å². The Morgan fingerprint density at radius 1 is 0.900 bits per heavy atom. The van der Waals surface area contributed by atoms with Gasteiger partial charge >= 0.3 is 5.97 Å². The van der Waals surface area contributed by atoms with Gasteiger partial charge in [0.2, 0.25) is 0 Å². The van der Waals surface area contributed by atoms with Crippen molar-refractivity contribution in [3.8, 4) is 5.75 Å². The Balaban J connectivity index is 0.00000361. The topological polar surface area (TPSA) is 26.3 Å². The van der Waals surface area contributed by atoms with Gasteiger partial charge in [0.05, 0.1) is 0 Å². The molecule has 0 aromatic heterocycles. The fourth-order valence-corrected chi connectivity index (χ4v) is 2.07. The van der Waals surface area contributed by atoms with Crippen LogP contribution in [0.25, 0.3) is 0 Å². The Hall–Kier alpha value is -0.687. The van der Waals surface area contributed by atoms with Crippen LogP contribution in [0.1, 0.15) is 64.7 Å². The van der Waals surface area contributed by atoms with E-state index in [0.717, 1.165) is 12.8 Å². The molecule has 0 aliphatic heterocycles. The average Bonchev–Trinajstić information content (AvgIpc) is 2.43. The van der Waals surface area contributed by atoms with Crippen LogP contribution in [0.2, 0.25) is 0 Å². The molecule has 0 atom stereocenters. The van der Waals surface area contributed by atoms with E-state index in [1.54, 1.807) is 0 Å².